The second-order valence-corrected chi connectivity index (χ2v) is 8.82. The van der Waals surface area contributed by atoms with Gasteiger partial charge in [0.05, 0.1) is 0 Å². The zero-order valence-corrected chi connectivity index (χ0v) is 18.5. The molecule has 0 saturated carbocycles. The molecule has 0 fully saturated rings. The Morgan fingerprint density at radius 2 is 1.55 bits per heavy atom. The molecular weight excluding hydrogens is 372 g/mol. The molecule has 1 unspecified atom stereocenters. The van der Waals surface area contributed by atoms with Gasteiger partial charge in [-0.1, -0.05) is 62.4 Å². The van der Waals surface area contributed by atoms with Gasteiger partial charge in [0.1, 0.15) is 11.4 Å². The summed E-state index contributed by atoms with van der Waals surface area (Å²) in [7, 11) is 0. The number of ether oxygens (including phenoxy) is 1. The van der Waals surface area contributed by atoms with E-state index in [-0.39, 0.29) is 0 Å². The van der Waals surface area contributed by atoms with Crippen LogP contribution in [0.2, 0.25) is 0 Å². The predicted molar refractivity (Wildman–Crippen MR) is 128 cm³/mol. The van der Waals surface area contributed by atoms with Crippen molar-refractivity contribution in [2.24, 2.45) is 0 Å². The van der Waals surface area contributed by atoms with Gasteiger partial charge in [0.25, 0.3) is 0 Å². The van der Waals surface area contributed by atoms with E-state index in [1.54, 1.807) is 0 Å². The van der Waals surface area contributed by atoms with Crippen LogP contribution in [0.1, 0.15) is 51.2 Å². The summed E-state index contributed by atoms with van der Waals surface area (Å²) in [5, 5.41) is 4.76. The van der Waals surface area contributed by atoms with Crippen LogP contribution in [0.25, 0.3) is 21.5 Å². The van der Waals surface area contributed by atoms with Crippen molar-refractivity contribution in [3.05, 3.63) is 83.9 Å². The van der Waals surface area contributed by atoms with Gasteiger partial charge in [-0.3, -0.25) is 0 Å². The monoisotopic (exact) mass is 400 g/mol. The third-order valence-corrected chi connectivity index (χ3v) is 6.45. The Bertz CT molecular complexity index is 1160. The van der Waals surface area contributed by atoms with Gasteiger partial charge in [0.15, 0.2) is 0 Å². The molecule has 148 valence electrons. The highest BCUT2D eigenvalue weighted by Gasteiger charge is 2.23. The first-order valence-corrected chi connectivity index (χ1v) is 10.8. The van der Waals surface area contributed by atoms with Gasteiger partial charge >= 0.3 is 0 Å². The van der Waals surface area contributed by atoms with Crippen LogP contribution in [0, 0.1) is 0 Å². The lowest BCUT2D eigenvalue weighted by atomic mass is 9.93. The Kier molecular flexibility index (Phi) is 5.31. The third-order valence-electron chi connectivity index (χ3n) is 5.96. The van der Waals surface area contributed by atoms with Gasteiger partial charge in [-0.05, 0) is 83.1 Å². The molecule has 1 nitrogen and oxygen atoms in total. The van der Waals surface area contributed by atoms with Crippen LogP contribution < -0.4 is 4.74 Å². The molecule has 0 bridgehead atoms. The lowest BCUT2D eigenvalue weighted by Gasteiger charge is -2.28. The van der Waals surface area contributed by atoms with Crippen molar-refractivity contribution in [3.63, 3.8) is 0 Å². The number of rotatable bonds is 5. The molecule has 0 saturated heterocycles. The van der Waals surface area contributed by atoms with Crippen LogP contribution in [0.3, 0.4) is 0 Å². The highest BCUT2D eigenvalue weighted by atomic mass is 32.1. The fraction of sp³-hybridized carbons (Fsp3) is 0.259. The maximum atomic E-state index is 6.40. The van der Waals surface area contributed by atoms with Crippen molar-refractivity contribution in [3.8, 4) is 5.75 Å². The van der Waals surface area contributed by atoms with Gasteiger partial charge in [0.2, 0.25) is 0 Å². The van der Waals surface area contributed by atoms with Gasteiger partial charge in [0, 0.05) is 4.90 Å². The summed E-state index contributed by atoms with van der Waals surface area (Å²) in [6.45, 7) is 8.73. The van der Waals surface area contributed by atoms with E-state index in [1.165, 1.54) is 27.1 Å². The summed E-state index contributed by atoms with van der Waals surface area (Å²) in [6.07, 6.45) is 1.14. The van der Waals surface area contributed by atoms with Crippen LogP contribution in [0.4, 0.5) is 0 Å². The molecule has 0 radical (unpaired) electrons. The van der Waals surface area contributed by atoms with Crippen molar-refractivity contribution in [1.82, 2.24) is 0 Å². The van der Waals surface area contributed by atoms with Crippen LogP contribution in [0.15, 0.2) is 77.7 Å². The SMILES string of the molecule is CCC(C)c1ccc(OC(C)(C)c2ccc3c(S)c4ccccc4cc3c2)cc1. The Morgan fingerprint density at radius 1 is 0.862 bits per heavy atom. The lowest BCUT2D eigenvalue weighted by molar-refractivity contribution is 0.109. The van der Waals surface area contributed by atoms with Crippen LogP contribution >= 0.6 is 12.6 Å². The average Bonchev–Trinajstić information content (AvgIpc) is 2.73. The number of hydrogen-bond donors (Lipinski definition) is 1. The normalized spacial score (nSPS) is 13.0. The van der Waals surface area contributed by atoms with E-state index in [1.807, 2.05) is 0 Å². The number of thiol groups is 1. The van der Waals surface area contributed by atoms with Crippen molar-refractivity contribution in [2.75, 3.05) is 0 Å². The summed E-state index contributed by atoms with van der Waals surface area (Å²) in [5.41, 5.74) is 2.07. The molecule has 0 spiro atoms. The zero-order chi connectivity index (χ0) is 20.6. The number of fused-ring (bicyclic) bond motifs is 2. The van der Waals surface area contributed by atoms with E-state index in [2.05, 4.69) is 100 Å². The van der Waals surface area contributed by atoms with Crippen molar-refractivity contribution >= 4 is 34.2 Å². The first kappa shape index (κ1) is 19.8. The molecule has 0 N–H and O–H groups in total. The molecule has 0 heterocycles. The predicted octanol–water partition coefficient (Wildman–Crippen LogP) is 8.11. The van der Waals surface area contributed by atoms with E-state index < -0.39 is 5.60 Å². The Morgan fingerprint density at radius 3 is 2.28 bits per heavy atom. The van der Waals surface area contributed by atoms with Crippen LogP contribution in [0.5, 0.6) is 5.75 Å². The fourth-order valence-corrected chi connectivity index (χ4v) is 4.28. The molecule has 4 rings (SSSR count). The quantitative estimate of drug-likeness (QED) is 0.263. The van der Waals surface area contributed by atoms with Crippen LogP contribution in [-0.4, -0.2) is 0 Å². The minimum absolute atomic E-state index is 0.436. The first-order chi connectivity index (χ1) is 13.9. The van der Waals surface area contributed by atoms with Crippen molar-refractivity contribution in [1.29, 1.82) is 0 Å². The zero-order valence-electron chi connectivity index (χ0n) is 17.6. The number of benzene rings is 4. The smallest absolute Gasteiger partial charge is 0.128 e. The molecule has 0 aliphatic heterocycles. The molecule has 2 heteroatoms. The minimum atomic E-state index is -0.436. The molecule has 4 aromatic carbocycles. The van der Waals surface area contributed by atoms with E-state index in [0.29, 0.717) is 5.92 Å². The average molecular weight is 401 g/mol. The largest absolute Gasteiger partial charge is 0.483 e. The maximum Gasteiger partial charge on any atom is 0.128 e. The van der Waals surface area contributed by atoms with Gasteiger partial charge in [-0.15, -0.1) is 12.6 Å². The molecule has 29 heavy (non-hydrogen) atoms. The molecule has 0 amide bonds. The first-order valence-electron chi connectivity index (χ1n) is 10.3. The Balaban J connectivity index is 1.68. The van der Waals surface area contributed by atoms with Gasteiger partial charge < -0.3 is 4.74 Å². The summed E-state index contributed by atoms with van der Waals surface area (Å²) in [6, 6.07) is 25.7. The molecule has 0 aromatic heterocycles. The van der Waals surface area contributed by atoms with Crippen LogP contribution in [-0.2, 0) is 5.60 Å². The van der Waals surface area contributed by atoms with E-state index in [0.717, 1.165) is 22.6 Å². The number of hydrogen-bond acceptors (Lipinski definition) is 2. The van der Waals surface area contributed by atoms with E-state index in [4.69, 9.17) is 17.4 Å². The molecule has 0 aliphatic rings. The minimum Gasteiger partial charge on any atom is -0.483 e. The highest BCUT2D eigenvalue weighted by molar-refractivity contribution is 7.80. The van der Waals surface area contributed by atoms with E-state index in [9.17, 15) is 0 Å². The standard InChI is InChI=1S/C27H28OS/c1-5-18(2)19-10-13-23(14-11-19)28-27(3,4)22-12-15-25-21(17-22)16-20-8-6-7-9-24(20)26(25)29/h6-18,29H,5H2,1-4H3. The highest BCUT2D eigenvalue weighted by Crippen LogP contribution is 2.35. The molecule has 0 aliphatic carbocycles. The van der Waals surface area contributed by atoms with Crippen molar-refractivity contribution in [2.45, 2.75) is 50.5 Å². The van der Waals surface area contributed by atoms with Crippen molar-refractivity contribution < 1.29 is 4.74 Å². The fourth-order valence-electron chi connectivity index (χ4n) is 3.88. The Labute approximate surface area is 179 Å². The third kappa shape index (κ3) is 3.86. The second-order valence-electron chi connectivity index (χ2n) is 8.37. The topological polar surface area (TPSA) is 9.23 Å². The molecule has 1 atom stereocenters. The molecular formula is C27H28OS. The summed E-state index contributed by atoms with van der Waals surface area (Å²) in [5.74, 6) is 1.47. The summed E-state index contributed by atoms with van der Waals surface area (Å²) >= 11 is 4.81. The van der Waals surface area contributed by atoms with Gasteiger partial charge in [-0.25, -0.2) is 0 Å². The lowest BCUT2D eigenvalue weighted by Crippen LogP contribution is -2.25. The maximum absolute atomic E-state index is 6.40. The van der Waals surface area contributed by atoms with Gasteiger partial charge in [-0.2, -0.15) is 0 Å². The molecule has 4 aromatic rings. The second kappa shape index (κ2) is 7.76. The summed E-state index contributed by atoms with van der Waals surface area (Å²) < 4.78 is 6.40. The summed E-state index contributed by atoms with van der Waals surface area (Å²) in [4.78, 5) is 1.03. The van der Waals surface area contributed by atoms with E-state index >= 15 is 0 Å². The Hall–Kier alpha value is -2.45.